The van der Waals surface area contributed by atoms with Crippen molar-refractivity contribution in [2.75, 3.05) is 6.54 Å². The maximum Gasteiger partial charge on any atom is 0.234 e. The minimum Gasteiger partial charge on any atom is -0.294 e. The molecule has 2 aromatic heterocycles. The molecule has 2 rings (SSSR count). The second-order valence-corrected chi connectivity index (χ2v) is 3.80. The zero-order valence-electron chi connectivity index (χ0n) is 7.73. The van der Waals surface area contributed by atoms with Crippen molar-refractivity contribution in [3.63, 3.8) is 0 Å². The summed E-state index contributed by atoms with van der Waals surface area (Å²) >= 11 is 1.61. The van der Waals surface area contributed by atoms with Crippen LogP contribution in [0.3, 0.4) is 0 Å². The predicted octanol–water partition coefficient (Wildman–Crippen LogP) is 1.58. The zero-order valence-corrected chi connectivity index (χ0v) is 8.54. The summed E-state index contributed by atoms with van der Waals surface area (Å²) in [6.07, 6.45) is 4.26. The van der Waals surface area contributed by atoms with E-state index in [1.807, 2.05) is 22.9 Å². The Labute approximate surface area is 84.9 Å². The van der Waals surface area contributed by atoms with Crippen LogP contribution in [0, 0.1) is 6.92 Å². The molecule has 0 saturated carbocycles. The van der Waals surface area contributed by atoms with Crippen molar-refractivity contribution in [1.29, 1.82) is 0 Å². The van der Waals surface area contributed by atoms with Gasteiger partial charge in [0.15, 0.2) is 4.96 Å². The van der Waals surface area contributed by atoms with Crippen molar-refractivity contribution in [3.8, 4) is 0 Å². The lowest BCUT2D eigenvalue weighted by Gasteiger charge is -1.96. The van der Waals surface area contributed by atoms with Gasteiger partial charge in [-0.2, -0.15) is 0 Å². The lowest BCUT2D eigenvalue weighted by atomic mass is 10.2. The molecular weight excluding hydrogens is 198 g/mol. The third kappa shape index (κ3) is 1.47. The summed E-state index contributed by atoms with van der Waals surface area (Å²) in [6, 6.07) is 0. The Morgan fingerprint density at radius 1 is 1.71 bits per heavy atom. The molecule has 0 fully saturated rings. The molecule has 0 bridgehead atoms. The van der Waals surface area contributed by atoms with Crippen molar-refractivity contribution >= 4 is 22.4 Å². The van der Waals surface area contributed by atoms with Gasteiger partial charge >= 0.3 is 0 Å². The number of aromatic nitrogens is 2. The molecule has 0 N–H and O–H groups in total. The maximum atomic E-state index is 9.92. The molecule has 5 heteroatoms. The van der Waals surface area contributed by atoms with E-state index < -0.39 is 0 Å². The molecule has 0 unspecified atom stereocenters. The number of isocyanates is 1. The first-order chi connectivity index (χ1) is 6.83. The molecule has 72 valence electrons. The number of hydrogen-bond acceptors (Lipinski definition) is 4. The van der Waals surface area contributed by atoms with Crippen LogP contribution in [0.4, 0.5) is 0 Å². The number of nitrogens with zero attached hydrogens (tertiary/aromatic N) is 3. The highest BCUT2D eigenvalue weighted by Crippen LogP contribution is 2.16. The van der Waals surface area contributed by atoms with Crippen LogP contribution in [0.1, 0.15) is 11.4 Å². The lowest BCUT2D eigenvalue weighted by Crippen LogP contribution is -1.95. The molecule has 0 radical (unpaired) electrons. The summed E-state index contributed by atoms with van der Waals surface area (Å²) in [7, 11) is 0. The van der Waals surface area contributed by atoms with Gasteiger partial charge in [0.2, 0.25) is 6.08 Å². The number of carbonyl (C=O) groups excluding carboxylic acids is 1. The fourth-order valence-electron chi connectivity index (χ4n) is 1.45. The lowest BCUT2D eigenvalue weighted by molar-refractivity contribution is 0.563. The van der Waals surface area contributed by atoms with E-state index in [9.17, 15) is 4.79 Å². The fourth-order valence-corrected chi connectivity index (χ4v) is 2.23. The van der Waals surface area contributed by atoms with Crippen molar-refractivity contribution in [2.45, 2.75) is 13.3 Å². The minimum atomic E-state index is 0.480. The standard InChI is InChI=1S/C9H9N3OS/c1-7-8(2-3-10-6-13)12-4-5-14-9(12)11-7/h4-5H,2-3H2,1H3. The van der Waals surface area contributed by atoms with Gasteiger partial charge < -0.3 is 0 Å². The second-order valence-electron chi connectivity index (χ2n) is 2.92. The molecular formula is C9H9N3OS. The van der Waals surface area contributed by atoms with Crippen molar-refractivity contribution in [1.82, 2.24) is 9.38 Å². The van der Waals surface area contributed by atoms with Crippen LogP contribution < -0.4 is 0 Å². The van der Waals surface area contributed by atoms with E-state index in [0.717, 1.165) is 22.8 Å². The first-order valence-corrected chi connectivity index (χ1v) is 5.15. The molecule has 0 amide bonds. The SMILES string of the molecule is Cc1nc2sccn2c1CCN=C=O. The summed E-state index contributed by atoms with van der Waals surface area (Å²) in [5, 5.41) is 1.99. The van der Waals surface area contributed by atoms with Gasteiger partial charge in [-0.25, -0.2) is 14.8 Å². The Kier molecular flexibility index (Phi) is 2.43. The molecule has 0 saturated heterocycles. The fraction of sp³-hybridized carbons (Fsp3) is 0.333. The Hall–Kier alpha value is -1.45. The highest BCUT2D eigenvalue weighted by molar-refractivity contribution is 7.15. The van der Waals surface area contributed by atoms with Gasteiger partial charge in [0, 0.05) is 23.7 Å². The Morgan fingerprint density at radius 2 is 2.57 bits per heavy atom. The molecule has 0 spiro atoms. The highest BCUT2D eigenvalue weighted by Gasteiger charge is 2.08. The van der Waals surface area contributed by atoms with E-state index in [1.165, 1.54) is 6.08 Å². The highest BCUT2D eigenvalue weighted by atomic mass is 32.1. The van der Waals surface area contributed by atoms with Gasteiger partial charge in [-0.3, -0.25) is 4.40 Å². The molecule has 4 nitrogen and oxygen atoms in total. The third-order valence-electron chi connectivity index (χ3n) is 2.09. The molecule has 0 aliphatic heterocycles. The predicted molar refractivity (Wildman–Crippen MR) is 54.5 cm³/mol. The summed E-state index contributed by atoms with van der Waals surface area (Å²) in [5.41, 5.74) is 2.14. The summed E-state index contributed by atoms with van der Waals surface area (Å²) < 4.78 is 2.04. The summed E-state index contributed by atoms with van der Waals surface area (Å²) in [4.78, 5) is 18.8. The van der Waals surface area contributed by atoms with Gasteiger partial charge in [0.05, 0.1) is 12.2 Å². The minimum absolute atomic E-state index is 0.480. The number of aryl methyl sites for hydroxylation is 1. The number of thiazole rings is 1. The summed E-state index contributed by atoms with van der Waals surface area (Å²) in [5.74, 6) is 0. The number of rotatable bonds is 3. The number of imidazole rings is 1. The molecule has 0 aliphatic rings. The third-order valence-corrected chi connectivity index (χ3v) is 2.84. The van der Waals surface area contributed by atoms with E-state index in [1.54, 1.807) is 11.3 Å². The van der Waals surface area contributed by atoms with E-state index in [-0.39, 0.29) is 0 Å². The Balaban J connectivity index is 2.33. The molecule has 2 heterocycles. The van der Waals surface area contributed by atoms with Crippen LogP contribution in [-0.4, -0.2) is 22.0 Å². The number of hydrogen-bond donors (Lipinski definition) is 0. The van der Waals surface area contributed by atoms with E-state index in [0.29, 0.717) is 6.54 Å². The van der Waals surface area contributed by atoms with Gasteiger partial charge in [-0.1, -0.05) is 0 Å². The molecule has 0 aliphatic carbocycles. The van der Waals surface area contributed by atoms with Crippen molar-refractivity contribution in [3.05, 3.63) is 23.0 Å². The monoisotopic (exact) mass is 207 g/mol. The largest absolute Gasteiger partial charge is 0.294 e. The molecule has 2 aromatic rings. The van der Waals surface area contributed by atoms with Gasteiger partial charge in [-0.15, -0.1) is 11.3 Å². The van der Waals surface area contributed by atoms with Gasteiger partial charge in [0.25, 0.3) is 0 Å². The van der Waals surface area contributed by atoms with Crippen molar-refractivity contribution < 1.29 is 4.79 Å². The Morgan fingerprint density at radius 3 is 3.36 bits per heavy atom. The first kappa shape index (κ1) is 9.12. The molecule has 0 aromatic carbocycles. The normalized spacial score (nSPS) is 10.4. The summed E-state index contributed by atoms with van der Waals surface area (Å²) in [6.45, 7) is 2.45. The second kappa shape index (κ2) is 3.74. The van der Waals surface area contributed by atoms with Crippen molar-refractivity contribution in [2.24, 2.45) is 4.99 Å². The van der Waals surface area contributed by atoms with E-state index in [4.69, 9.17) is 0 Å². The topological polar surface area (TPSA) is 46.7 Å². The van der Waals surface area contributed by atoms with Crippen LogP contribution in [-0.2, 0) is 11.2 Å². The van der Waals surface area contributed by atoms with E-state index in [2.05, 4.69) is 9.98 Å². The Bertz CT molecular complexity index is 493. The zero-order chi connectivity index (χ0) is 9.97. The molecule has 0 atom stereocenters. The maximum absolute atomic E-state index is 9.92. The van der Waals surface area contributed by atoms with Crippen LogP contribution in [0.5, 0.6) is 0 Å². The van der Waals surface area contributed by atoms with Gasteiger partial charge in [0.1, 0.15) is 0 Å². The number of aliphatic imine (C=N–C) groups is 1. The van der Waals surface area contributed by atoms with Crippen LogP contribution >= 0.6 is 11.3 Å². The number of fused-ring (bicyclic) bond motifs is 1. The average Bonchev–Trinajstić information content (AvgIpc) is 2.69. The quantitative estimate of drug-likeness (QED) is 0.566. The average molecular weight is 207 g/mol. The first-order valence-electron chi connectivity index (χ1n) is 4.27. The van der Waals surface area contributed by atoms with E-state index >= 15 is 0 Å². The smallest absolute Gasteiger partial charge is 0.234 e. The van der Waals surface area contributed by atoms with Crippen LogP contribution in [0.2, 0.25) is 0 Å². The van der Waals surface area contributed by atoms with Gasteiger partial charge in [-0.05, 0) is 6.92 Å². The molecule has 14 heavy (non-hydrogen) atoms. The van der Waals surface area contributed by atoms with Crippen LogP contribution in [0.25, 0.3) is 4.96 Å². The van der Waals surface area contributed by atoms with Crippen LogP contribution in [0.15, 0.2) is 16.6 Å².